The molecule has 0 aromatic heterocycles. The van der Waals surface area contributed by atoms with Crippen LogP contribution >= 0.6 is 0 Å². The fourth-order valence-corrected chi connectivity index (χ4v) is 12.4. The second-order valence-electron chi connectivity index (χ2n) is 18.3. The van der Waals surface area contributed by atoms with Crippen molar-refractivity contribution < 1.29 is 47.0 Å². The molecule has 20 nitrogen and oxygen atoms in total. The Bertz CT molecular complexity index is 3490. The first-order valence-corrected chi connectivity index (χ1v) is 31.2. The van der Waals surface area contributed by atoms with E-state index in [4.69, 9.17) is 5.84 Å². The number of anilines is 1. The van der Waals surface area contributed by atoms with Gasteiger partial charge in [-0.25, -0.2) is 61.0 Å². The fraction of sp³-hybridized carbons (Fsp3) is 0.358. The van der Waals surface area contributed by atoms with Gasteiger partial charge in [-0.1, -0.05) is 121 Å². The summed E-state index contributed by atoms with van der Waals surface area (Å²) >= 11 is 0. The number of nitro benzene ring substituents is 1. The van der Waals surface area contributed by atoms with Crippen LogP contribution in [-0.2, 0) is 50.1 Å². The number of aryl methyl sites for hydroxylation is 3. The largest absolute Gasteiger partial charge is 0.377 e. The average Bonchev–Trinajstić information content (AvgIpc) is 3.38. The zero-order valence-electron chi connectivity index (χ0n) is 46.1. The molecule has 0 amide bonds. The van der Waals surface area contributed by atoms with Crippen LogP contribution in [0.15, 0.2) is 140 Å². The Morgan fingerprint density at radius 2 is 0.910 bits per heavy atom. The van der Waals surface area contributed by atoms with Crippen LogP contribution in [0.2, 0.25) is 0 Å². The van der Waals surface area contributed by atoms with Crippen molar-refractivity contribution in [3.8, 4) is 0 Å². The molecule has 6 aromatic rings. The van der Waals surface area contributed by atoms with Crippen LogP contribution in [0.4, 0.5) is 11.4 Å². The molecule has 0 radical (unpaired) electrons. The van der Waals surface area contributed by atoms with E-state index >= 15 is 0 Å². The van der Waals surface area contributed by atoms with E-state index in [1.165, 1.54) is 52.0 Å². The molecule has 0 aliphatic heterocycles. The first kappa shape index (κ1) is 70.3. The summed E-state index contributed by atoms with van der Waals surface area (Å²) in [5, 5.41) is 11.8. The zero-order valence-corrected chi connectivity index (χ0v) is 50.2. The molecule has 25 heteroatoms. The summed E-state index contributed by atoms with van der Waals surface area (Å²) in [6.07, 6.45) is 0. The van der Waals surface area contributed by atoms with Gasteiger partial charge in [-0.2, -0.15) is 4.83 Å². The van der Waals surface area contributed by atoms with E-state index in [2.05, 4.69) is 32.7 Å². The van der Waals surface area contributed by atoms with Crippen molar-refractivity contribution in [3.63, 3.8) is 0 Å². The number of nitrogens with zero attached hydrogens (tertiary/aromatic N) is 2. The molecule has 7 N–H and O–H groups in total. The molecular formula is C53H78N8O12S5. The second-order valence-corrected chi connectivity index (χ2v) is 27.4. The number of nitro groups is 1. The SMILES string of the molecule is C.CN(C)c1cccc2c(S(=O)(=O)NN)cccc12.CNS(=O)(=O)c1c(C(C)C)cc(C(C)C)cc1C(C)C.CNS(=O)(=O)c1c(C)cc(C)cc1C.CNS(=O)(=O)c1ccc([N+](=O)[O-])cc1.CNS(=O)(=O)c1ccccc1. The van der Waals surface area contributed by atoms with Gasteiger partial charge in [-0.3, -0.25) is 16.0 Å². The third kappa shape index (κ3) is 19.0. The number of sulfonamides is 5. The van der Waals surface area contributed by atoms with Crippen molar-refractivity contribution in [1.82, 2.24) is 23.7 Å². The van der Waals surface area contributed by atoms with Gasteiger partial charge in [-0.05, 0) is 131 Å². The average molecular weight is 1180 g/mol. The Hall–Kier alpha value is -5.71. The Balaban J connectivity index is 0.000000493. The van der Waals surface area contributed by atoms with Gasteiger partial charge in [-0.15, -0.1) is 0 Å². The van der Waals surface area contributed by atoms with Gasteiger partial charge < -0.3 is 4.90 Å². The summed E-state index contributed by atoms with van der Waals surface area (Å²) in [6.45, 7) is 18.0. The monoisotopic (exact) mass is 1180 g/mol. The van der Waals surface area contributed by atoms with Gasteiger partial charge in [0.2, 0.25) is 40.1 Å². The molecule has 0 heterocycles. The second kappa shape index (κ2) is 30.0. The third-order valence-electron chi connectivity index (χ3n) is 11.5. The van der Waals surface area contributed by atoms with Crippen molar-refractivity contribution in [1.29, 1.82) is 0 Å². The first-order valence-electron chi connectivity index (χ1n) is 23.8. The van der Waals surface area contributed by atoms with E-state index in [-0.39, 0.29) is 34.7 Å². The summed E-state index contributed by atoms with van der Waals surface area (Å²) in [6, 6.07) is 31.4. The van der Waals surface area contributed by atoms with E-state index < -0.39 is 55.0 Å². The fourth-order valence-electron chi connectivity index (χ4n) is 7.53. The Morgan fingerprint density at radius 3 is 1.29 bits per heavy atom. The standard InChI is InChI=1S/C16H27NO2S.C12H15N3O2S.C10H15NO2S.C7H8N2O4S.C7H9NO2S.CH4/c1-10(2)13-8-14(11(3)4)16(20(18,19)17-7)15(9-13)12(5)6;1-15(2)11-7-3-6-10-9(11)5-4-8-12(10)18(16,17)14-13;1-7-5-8(2)10(9(3)6-7)14(12,13)11-4;1-8-14(12,13)7-4-2-6(3-5-7)9(10)11;1-8-11(9,10)7-5-3-2-4-6-7;/h8-12,17H,1-7H3;3-8,14H,13H2,1-2H3;5-6,11H,1-4H3;2-5,8H,1H3;2-6,8H,1H3;1H4. The van der Waals surface area contributed by atoms with Gasteiger partial charge in [0.1, 0.15) is 0 Å². The van der Waals surface area contributed by atoms with Gasteiger partial charge in [0.15, 0.2) is 0 Å². The van der Waals surface area contributed by atoms with Gasteiger partial charge in [0.05, 0.1) is 29.4 Å². The molecule has 0 spiro atoms. The molecule has 0 atom stereocenters. The van der Waals surface area contributed by atoms with E-state index in [9.17, 15) is 52.2 Å². The summed E-state index contributed by atoms with van der Waals surface area (Å²) in [4.78, 5) is 14.8. The van der Waals surface area contributed by atoms with Crippen LogP contribution in [0.1, 0.15) is 100 Å². The normalized spacial score (nSPS) is 11.7. The van der Waals surface area contributed by atoms with E-state index in [0.717, 1.165) is 51.0 Å². The smallest absolute Gasteiger partial charge is 0.269 e. The molecule has 0 bridgehead atoms. The highest BCUT2D eigenvalue weighted by molar-refractivity contribution is 7.90. The number of nitrogens with two attached hydrogens (primary N) is 1. The molecule has 0 fully saturated rings. The zero-order chi connectivity index (χ0) is 59.0. The number of nitrogens with one attached hydrogen (secondary N) is 5. The van der Waals surface area contributed by atoms with Crippen molar-refractivity contribution in [3.05, 3.63) is 159 Å². The number of rotatable bonds is 15. The minimum atomic E-state index is -3.66. The number of fused-ring (bicyclic) bond motifs is 1. The highest BCUT2D eigenvalue weighted by atomic mass is 32.2. The third-order valence-corrected chi connectivity index (χ3v) is 18.9. The van der Waals surface area contributed by atoms with Crippen molar-refractivity contribution >= 4 is 72.3 Å². The molecule has 0 aliphatic rings. The predicted octanol–water partition coefficient (Wildman–Crippen LogP) is 8.28. The summed E-state index contributed by atoms with van der Waals surface area (Å²) in [7, 11) is -7.80. The quantitative estimate of drug-likeness (QED) is 0.0320. The molecule has 0 saturated heterocycles. The van der Waals surface area contributed by atoms with Crippen LogP contribution < -0.4 is 34.5 Å². The number of non-ortho nitro benzene ring substituents is 1. The highest BCUT2D eigenvalue weighted by Crippen LogP contribution is 2.35. The Kier molecular flexibility index (Phi) is 27.1. The summed E-state index contributed by atoms with van der Waals surface area (Å²) in [5.74, 6) is 5.81. The van der Waals surface area contributed by atoms with E-state index in [0.29, 0.717) is 26.0 Å². The van der Waals surface area contributed by atoms with Crippen LogP contribution in [0.5, 0.6) is 0 Å². The van der Waals surface area contributed by atoms with Gasteiger partial charge in [0.25, 0.3) is 15.7 Å². The van der Waals surface area contributed by atoms with Crippen molar-refractivity contribution in [2.45, 2.75) is 112 Å². The predicted molar refractivity (Wildman–Crippen MR) is 313 cm³/mol. The molecule has 432 valence electrons. The van der Waals surface area contributed by atoms with Crippen LogP contribution in [0, 0.1) is 30.9 Å². The van der Waals surface area contributed by atoms with E-state index in [1.807, 2.05) is 115 Å². The first-order chi connectivity index (χ1) is 35.6. The molecule has 0 saturated carbocycles. The number of hydrazine groups is 1. The molecular weight excluding hydrogens is 1100 g/mol. The van der Waals surface area contributed by atoms with Gasteiger partial charge in [0, 0.05) is 42.7 Å². The van der Waals surface area contributed by atoms with Crippen LogP contribution in [-0.4, -0.2) is 89.3 Å². The lowest BCUT2D eigenvalue weighted by molar-refractivity contribution is -0.384. The number of hydrogen-bond donors (Lipinski definition) is 6. The maximum absolute atomic E-state index is 12.4. The van der Waals surface area contributed by atoms with Crippen LogP contribution in [0.3, 0.4) is 0 Å². The summed E-state index contributed by atoms with van der Waals surface area (Å²) < 4.78 is 126. The van der Waals surface area contributed by atoms with Crippen LogP contribution in [0.25, 0.3) is 10.8 Å². The topological polar surface area (TPSA) is 303 Å². The highest BCUT2D eigenvalue weighted by Gasteiger charge is 2.26. The van der Waals surface area contributed by atoms with E-state index in [1.54, 1.807) is 42.5 Å². The Morgan fingerprint density at radius 1 is 0.500 bits per heavy atom. The summed E-state index contributed by atoms with van der Waals surface area (Å²) in [5.41, 5.74) is 6.50. The lowest BCUT2D eigenvalue weighted by Crippen LogP contribution is -2.30. The van der Waals surface area contributed by atoms with Crippen molar-refractivity contribution in [2.75, 3.05) is 47.2 Å². The lowest BCUT2D eigenvalue weighted by atomic mass is 9.89. The van der Waals surface area contributed by atoms with Gasteiger partial charge >= 0.3 is 0 Å². The Labute approximate surface area is 464 Å². The number of hydrogen-bond acceptors (Lipinski definition) is 14. The minimum absolute atomic E-state index is 0. The molecule has 78 heavy (non-hydrogen) atoms. The molecule has 0 unspecified atom stereocenters. The maximum atomic E-state index is 12.4. The maximum Gasteiger partial charge on any atom is 0.269 e. The van der Waals surface area contributed by atoms with Crippen molar-refractivity contribution in [2.24, 2.45) is 5.84 Å². The lowest BCUT2D eigenvalue weighted by Gasteiger charge is -2.22. The molecule has 0 aliphatic carbocycles. The molecule has 6 aromatic carbocycles. The minimum Gasteiger partial charge on any atom is -0.377 e. The number of benzene rings is 6. The molecule has 6 rings (SSSR count).